The predicted molar refractivity (Wildman–Crippen MR) is 94.4 cm³/mol. The summed E-state index contributed by atoms with van der Waals surface area (Å²) >= 11 is 0. The lowest BCUT2D eigenvalue weighted by Gasteiger charge is -2.12. The zero-order chi connectivity index (χ0) is 17.1. The van der Waals surface area contributed by atoms with Crippen LogP contribution in [0.4, 0.5) is 0 Å². The van der Waals surface area contributed by atoms with Crippen LogP contribution in [0, 0.1) is 0 Å². The first-order valence-electron chi connectivity index (χ1n) is 7.02. The normalized spacial score (nSPS) is 13.5. The van der Waals surface area contributed by atoms with Gasteiger partial charge in [-0.2, -0.15) is 0 Å². The number of hydrogen-bond acceptors (Lipinski definition) is 8. The summed E-state index contributed by atoms with van der Waals surface area (Å²) < 4.78 is 26.9. The molecule has 0 saturated heterocycles. The molecular formula is C14H21O6PS2. The van der Waals surface area contributed by atoms with Gasteiger partial charge in [-0.1, -0.05) is 27.7 Å². The van der Waals surface area contributed by atoms with Crippen LogP contribution in [0.3, 0.4) is 0 Å². The Hall–Kier alpha value is -0.660. The highest BCUT2D eigenvalue weighted by Gasteiger charge is 2.15. The number of benzene rings is 1. The van der Waals surface area contributed by atoms with Gasteiger partial charge in [0.2, 0.25) is 0 Å². The molecule has 130 valence electrons. The smallest absolute Gasteiger partial charge is 0.338 e. The van der Waals surface area contributed by atoms with E-state index in [1.54, 1.807) is 29.9 Å². The molecule has 1 rings (SSSR count). The van der Waals surface area contributed by atoms with Gasteiger partial charge in [0.1, 0.15) is 12.4 Å². The van der Waals surface area contributed by atoms with Crippen LogP contribution >= 0.6 is 29.2 Å². The molecule has 0 aromatic heterocycles. The molecule has 9 heteroatoms. The van der Waals surface area contributed by atoms with Gasteiger partial charge >= 0.3 is 13.6 Å². The van der Waals surface area contributed by atoms with Gasteiger partial charge in [-0.3, -0.25) is 4.57 Å². The molecule has 0 radical (unpaired) electrons. The van der Waals surface area contributed by atoms with Gasteiger partial charge in [0.15, 0.2) is 0 Å². The number of rotatable bonds is 11. The predicted octanol–water partition coefficient (Wildman–Crippen LogP) is 3.81. The molecule has 0 fully saturated rings. The third-order valence-corrected chi connectivity index (χ3v) is 6.13. The van der Waals surface area contributed by atoms with Gasteiger partial charge in [-0.05, 0) is 25.1 Å². The van der Waals surface area contributed by atoms with Crippen LogP contribution < -0.4 is 0 Å². The Morgan fingerprint density at radius 2 is 1.91 bits per heavy atom. The van der Waals surface area contributed by atoms with Crippen LogP contribution in [-0.4, -0.2) is 49.1 Å². The second kappa shape index (κ2) is 11.0. The van der Waals surface area contributed by atoms with Crippen molar-refractivity contribution in [2.45, 2.75) is 6.92 Å². The number of aromatic hydroxyl groups is 1. The van der Waals surface area contributed by atoms with Gasteiger partial charge in [-0.25, -0.2) is 4.79 Å². The summed E-state index contributed by atoms with van der Waals surface area (Å²) in [6.45, 7) is 4.20. The number of phenolic OH excluding ortho intramolecular Hbond substituents is 1. The van der Waals surface area contributed by atoms with E-state index in [1.807, 2.05) is 0 Å². The zero-order valence-electron chi connectivity index (χ0n) is 13.1. The maximum atomic E-state index is 11.7. The van der Waals surface area contributed by atoms with E-state index in [1.165, 1.54) is 29.6 Å². The van der Waals surface area contributed by atoms with Gasteiger partial charge in [-0.15, -0.1) is 0 Å². The molecule has 1 unspecified atom stereocenters. The molecule has 0 spiro atoms. The van der Waals surface area contributed by atoms with Crippen molar-refractivity contribution in [3.63, 3.8) is 0 Å². The summed E-state index contributed by atoms with van der Waals surface area (Å²) in [4.78, 5) is 11.7. The molecule has 0 aliphatic carbocycles. The SMILES string of the molecule is CCOP(C)(=O)OCCSSCCOC(=O)c1cccc(O)c1. The maximum absolute atomic E-state index is 11.7. The lowest BCUT2D eigenvalue weighted by molar-refractivity contribution is 0.0530. The second-order valence-corrected chi connectivity index (χ2v) is 9.11. The first-order chi connectivity index (χ1) is 10.9. The summed E-state index contributed by atoms with van der Waals surface area (Å²) in [6.07, 6.45) is 0. The number of ether oxygens (including phenoxy) is 1. The summed E-state index contributed by atoms with van der Waals surface area (Å²) in [6, 6.07) is 6.03. The Morgan fingerprint density at radius 3 is 2.57 bits per heavy atom. The third kappa shape index (κ3) is 9.27. The second-order valence-electron chi connectivity index (χ2n) is 4.35. The number of carbonyl (C=O) groups excluding carboxylic acids is 1. The van der Waals surface area contributed by atoms with Crippen LogP contribution in [-0.2, 0) is 18.3 Å². The van der Waals surface area contributed by atoms with E-state index in [0.717, 1.165) is 0 Å². The van der Waals surface area contributed by atoms with Gasteiger partial charge < -0.3 is 18.9 Å². The summed E-state index contributed by atoms with van der Waals surface area (Å²) in [5.74, 6) is 0.865. The summed E-state index contributed by atoms with van der Waals surface area (Å²) in [5.41, 5.74) is 0.325. The molecule has 1 aromatic rings. The highest BCUT2D eigenvalue weighted by Crippen LogP contribution is 2.43. The number of phenols is 1. The lowest BCUT2D eigenvalue weighted by atomic mass is 10.2. The van der Waals surface area contributed by atoms with Crippen LogP contribution in [0.2, 0.25) is 0 Å². The number of esters is 1. The average molecular weight is 380 g/mol. The van der Waals surface area contributed by atoms with Crippen LogP contribution in [0.5, 0.6) is 5.75 Å². The molecule has 0 bridgehead atoms. The molecule has 6 nitrogen and oxygen atoms in total. The zero-order valence-corrected chi connectivity index (χ0v) is 15.6. The number of hydrogen-bond donors (Lipinski definition) is 1. The minimum atomic E-state index is -2.92. The first kappa shape index (κ1) is 20.4. The monoisotopic (exact) mass is 380 g/mol. The standard InChI is InChI=1S/C14H21O6PS2/c1-3-19-21(2,17)20-8-10-23-22-9-7-18-14(16)12-5-4-6-13(15)11-12/h4-6,11,15H,3,7-10H2,1-2H3. The molecule has 0 saturated carbocycles. The fraction of sp³-hybridized carbons (Fsp3) is 0.500. The summed E-state index contributed by atoms with van der Waals surface area (Å²) in [5, 5.41) is 9.29. The topological polar surface area (TPSA) is 82.1 Å². The Bertz CT molecular complexity index is 540. The van der Waals surface area contributed by atoms with Crippen molar-refractivity contribution in [1.82, 2.24) is 0 Å². The van der Waals surface area contributed by atoms with Crippen molar-refractivity contribution in [2.24, 2.45) is 0 Å². The average Bonchev–Trinajstić information content (AvgIpc) is 2.49. The Labute approximate surface area is 144 Å². The molecule has 0 heterocycles. The minimum Gasteiger partial charge on any atom is -0.508 e. The van der Waals surface area contributed by atoms with E-state index >= 15 is 0 Å². The Morgan fingerprint density at radius 1 is 1.22 bits per heavy atom. The van der Waals surface area contributed by atoms with Crippen molar-refractivity contribution in [3.8, 4) is 5.75 Å². The van der Waals surface area contributed by atoms with E-state index in [0.29, 0.717) is 30.3 Å². The quantitative estimate of drug-likeness (QED) is 0.269. The summed E-state index contributed by atoms with van der Waals surface area (Å²) in [7, 11) is 0.165. The fourth-order valence-electron chi connectivity index (χ4n) is 1.51. The molecule has 23 heavy (non-hydrogen) atoms. The highest BCUT2D eigenvalue weighted by molar-refractivity contribution is 8.76. The van der Waals surface area contributed by atoms with Crippen LogP contribution in [0.1, 0.15) is 17.3 Å². The van der Waals surface area contributed by atoms with Crippen molar-refractivity contribution in [3.05, 3.63) is 29.8 Å². The van der Waals surface area contributed by atoms with Gasteiger partial charge in [0.05, 0.1) is 18.8 Å². The molecule has 0 aliphatic heterocycles. The Balaban J connectivity index is 2.05. The van der Waals surface area contributed by atoms with E-state index in [-0.39, 0.29) is 12.4 Å². The van der Waals surface area contributed by atoms with Crippen LogP contribution in [0.15, 0.2) is 24.3 Å². The maximum Gasteiger partial charge on any atom is 0.338 e. The molecule has 1 aromatic carbocycles. The van der Waals surface area contributed by atoms with Crippen molar-refractivity contribution in [2.75, 3.05) is 38.0 Å². The number of carbonyl (C=O) groups is 1. The van der Waals surface area contributed by atoms with E-state index in [2.05, 4.69) is 0 Å². The van der Waals surface area contributed by atoms with E-state index < -0.39 is 13.6 Å². The molecular weight excluding hydrogens is 359 g/mol. The minimum absolute atomic E-state index is 0.0321. The molecule has 1 atom stereocenters. The van der Waals surface area contributed by atoms with Crippen LogP contribution in [0.25, 0.3) is 0 Å². The van der Waals surface area contributed by atoms with Crippen molar-refractivity contribution >= 4 is 35.2 Å². The van der Waals surface area contributed by atoms with E-state index in [9.17, 15) is 14.5 Å². The largest absolute Gasteiger partial charge is 0.508 e. The van der Waals surface area contributed by atoms with Crippen molar-refractivity contribution < 1.29 is 28.3 Å². The van der Waals surface area contributed by atoms with E-state index in [4.69, 9.17) is 13.8 Å². The van der Waals surface area contributed by atoms with Gasteiger partial charge in [0.25, 0.3) is 0 Å². The molecule has 1 N–H and O–H groups in total. The lowest BCUT2D eigenvalue weighted by Crippen LogP contribution is -2.07. The first-order valence-corrected chi connectivity index (χ1v) is 11.5. The fourth-order valence-corrected chi connectivity index (χ4v) is 4.26. The molecule has 0 aliphatic rings. The highest BCUT2D eigenvalue weighted by atomic mass is 33.1. The Kier molecular flexibility index (Phi) is 9.74. The third-order valence-electron chi connectivity index (χ3n) is 2.42. The van der Waals surface area contributed by atoms with Crippen molar-refractivity contribution in [1.29, 1.82) is 0 Å². The van der Waals surface area contributed by atoms with Gasteiger partial charge in [0, 0.05) is 18.2 Å². The molecule has 0 amide bonds.